The summed E-state index contributed by atoms with van der Waals surface area (Å²) in [6, 6.07) is 11.1. The van der Waals surface area contributed by atoms with Gasteiger partial charge in [0.2, 0.25) is 5.91 Å². The molecule has 2 aromatic carbocycles. The molecular formula is C21H22F3NO2. The Morgan fingerprint density at radius 1 is 1.15 bits per heavy atom. The van der Waals surface area contributed by atoms with E-state index in [0.29, 0.717) is 42.5 Å². The summed E-state index contributed by atoms with van der Waals surface area (Å²) >= 11 is 0. The summed E-state index contributed by atoms with van der Waals surface area (Å²) in [5.41, 5.74) is 1.85. The lowest BCUT2D eigenvalue weighted by Crippen LogP contribution is -2.29. The average molecular weight is 377 g/mol. The van der Waals surface area contributed by atoms with Crippen LogP contribution in [0.5, 0.6) is 0 Å². The molecule has 0 heterocycles. The van der Waals surface area contributed by atoms with E-state index in [0.717, 1.165) is 17.7 Å². The second-order valence-electron chi connectivity index (χ2n) is 7.17. The minimum absolute atomic E-state index is 0.0909. The Balaban J connectivity index is 1.74. The molecule has 6 heteroatoms. The quantitative estimate of drug-likeness (QED) is 0.827. The number of nitrogens with one attached hydrogen (secondary N) is 1. The van der Waals surface area contributed by atoms with Crippen molar-refractivity contribution in [2.24, 2.45) is 5.92 Å². The molecule has 0 bridgehead atoms. The first-order valence-corrected chi connectivity index (χ1v) is 8.96. The highest BCUT2D eigenvalue weighted by Gasteiger charge is 2.31. The summed E-state index contributed by atoms with van der Waals surface area (Å²) < 4.78 is 39.2. The van der Waals surface area contributed by atoms with Gasteiger partial charge >= 0.3 is 6.18 Å². The smallest absolute Gasteiger partial charge is 0.393 e. The van der Waals surface area contributed by atoms with E-state index in [2.05, 4.69) is 5.32 Å². The van der Waals surface area contributed by atoms with Crippen LogP contribution in [0.4, 0.5) is 13.2 Å². The minimum Gasteiger partial charge on any atom is -0.393 e. The van der Waals surface area contributed by atoms with Gasteiger partial charge in [0.25, 0.3) is 0 Å². The molecule has 0 aliphatic heterocycles. The number of hydrogen-bond acceptors (Lipinski definition) is 2. The second kappa shape index (κ2) is 7.72. The fraction of sp³-hybridized carbons (Fsp3) is 0.381. The number of halogens is 3. The van der Waals surface area contributed by atoms with E-state index in [4.69, 9.17) is 0 Å². The van der Waals surface area contributed by atoms with Crippen LogP contribution in [0.1, 0.15) is 36.0 Å². The number of carbonyl (C=O) groups excluding carboxylic acids is 1. The Morgan fingerprint density at radius 2 is 1.93 bits per heavy atom. The van der Waals surface area contributed by atoms with Crippen molar-refractivity contribution in [1.82, 2.24) is 5.32 Å². The van der Waals surface area contributed by atoms with Gasteiger partial charge < -0.3 is 10.4 Å². The van der Waals surface area contributed by atoms with E-state index >= 15 is 0 Å². The van der Waals surface area contributed by atoms with Gasteiger partial charge in [-0.1, -0.05) is 24.3 Å². The summed E-state index contributed by atoms with van der Waals surface area (Å²) in [4.78, 5) is 12.2. The van der Waals surface area contributed by atoms with Crippen molar-refractivity contribution >= 4 is 5.91 Å². The first kappa shape index (κ1) is 19.4. The largest absolute Gasteiger partial charge is 0.416 e. The molecule has 1 aliphatic rings. The van der Waals surface area contributed by atoms with Crippen LogP contribution >= 0.6 is 0 Å². The number of alkyl halides is 3. The van der Waals surface area contributed by atoms with Crippen molar-refractivity contribution in [2.75, 3.05) is 0 Å². The van der Waals surface area contributed by atoms with Crippen LogP contribution in [0.25, 0.3) is 11.1 Å². The van der Waals surface area contributed by atoms with Gasteiger partial charge in [-0.15, -0.1) is 0 Å². The standard InChI is InChI=1S/C21H22F3NO2/c1-13-7-17(10-18(8-13)21(22,23)24)15-4-2-3-14(9-15)12-25-20(27)16-5-6-19(26)11-16/h2-4,7-10,16,19,26H,5-6,11-12H2,1H3,(H,25,27). The third-order valence-electron chi connectivity index (χ3n) is 4.91. The highest BCUT2D eigenvalue weighted by Crippen LogP contribution is 2.33. The fourth-order valence-corrected chi connectivity index (χ4v) is 3.50. The second-order valence-corrected chi connectivity index (χ2v) is 7.17. The summed E-state index contributed by atoms with van der Waals surface area (Å²) in [6.45, 7) is 1.94. The van der Waals surface area contributed by atoms with Crippen molar-refractivity contribution in [3.63, 3.8) is 0 Å². The predicted octanol–water partition coefficient (Wildman–Crippen LogP) is 4.46. The first-order chi connectivity index (χ1) is 12.7. The van der Waals surface area contributed by atoms with Gasteiger partial charge in [0.1, 0.15) is 0 Å². The number of benzene rings is 2. The molecule has 2 unspecified atom stereocenters. The predicted molar refractivity (Wildman–Crippen MR) is 96.8 cm³/mol. The van der Waals surface area contributed by atoms with Crippen LogP contribution in [-0.2, 0) is 17.5 Å². The highest BCUT2D eigenvalue weighted by atomic mass is 19.4. The van der Waals surface area contributed by atoms with Crippen molar-refractivity contribution < 1.29 is 23.1 Å². The number of aliphatic hydroxyl groups is 1. The van der Waals surface area contributed by atoms with E-state index in [9.17, 15) is 23.1 Å². The minimum atomic E-state index is -4.39. The third-order valence-corrected chi connectivity index (χ3v) is 4.91. The summed E-state index contributed by atoms with van der Waals surface area (Å²) in [5.74, 6) is -0.263. The van der Waals surface area contributed by atoms with E-state index in [-0.39, 0.29) is 11.8 Å². The number of rotatable bonds is 4. The SMILES string of the molecule is Cc1cc(-c2cccc(CNC(=O)C3CCC(O)C3)c2)cc(C(F)(F)F)c1. The van der Waals surface area contributed by atoms with Crippen molar-refractivity contribution in [1.29, 1.82) is 0 Å². The summed E-state index contributed by atoms with van der Waals surface area (Å²) in [5, 5.41) is 12.4. The molecule has 3 nitrogen and oxygen atoms in total. The van der Waals surface area contributed by atoms with Gasteiger partial charge in [-0.2, -0.15) is 13.2 Å². The molecule has 0 aromatic heterocycles. The molecule has 2 aromatic rings. The highest BCUT2D eigenvalue weighted by molar-refractivity contribution is 5.79. The third kappa shape index (κ3) is 4.89. The summed E-state index contributed by atoms with van der Waals surface area (Å²) in [6.07, 6.45) is -3.00. The van der Waals surface area contributed by atoms with E-state index < -0.39 is 17.8 Å². The van der Waals surface area contributed by atoms with Crippen molar-refractivity contribution in [3.05, 3.63) is 59.2 Å². The summed E-state index contributed by atoms with van der Waals surface area (Å²) in [7, 11) is 0. The Labute approximate surface area is 156 Å². The van der Waals surface area contributed by atoms with Crippen LogP contribution < -0.4 is 5.32 Å². The number of carbonyl (C=O) groups is 1. The molecule has 2 atom stereocenters. The lowest BCUT2D eigenvalue weighted by Gasteiger charge is -2.13. The van der Waals surface area contributed by atoms with Crippen LogP contribution in [0.2, 0.25) is 0 Å². The first-order valence-electron chi connectivity index (χ1n) is 8.96. The van der Waals surface area contributed by atoms with E-state index in [1.54, 1.807) is 31.2 Å². The molecular weight excluding hydrogens is 355 g/mol. The maximum atomic E-state index is 13.1. The van der Waals surface area contributed by atoms with Gasteiger partial charge in [0.15, 0.2) is 0 Å². The van der Waals surface area contributed by atoms with Gasteiger partial charge in [-0.25, -0.2) is 0 Å². The molecule has 0 spiro atoms. The molecule has 1 fully saturated rings. The molecule has 2 N–H and O–H groups in total. The zero-order valence-electron chi connectivity index (χ0n) is 15.0. The van der Waals surface area contributed by atoms with Gasteiger partial charge in [0, 0.05) is 12.5 Å². The number of amides is 1. The Morgan fingerprint density at radius 3 is 2.59 bits per heavy atom. The van der Waals surface area contributed by atoms with Crippen LogP contribution in [0.3, 0.4) is 0 Å². The Hall–Kier alpha value is -2.34. The zero-order chi connectivity index (χ0) is 19.6. The maximum Gasteiger partial charge on any atom is 0.416 e. The lowest BCUT2D eigenvalue weighted by atomic mass is 9.98. The van der Waals surface area contributed by atoms with Crippen molar-refractivity contribution in [3.8, 4) is 11.1 Å². The average Bonchev–Trinajstić information content (AvgIpc) is 3.05. The lowest BCUT2D eigenvalue weighted by molar-refractivity contribution is -0.137. The number of hydrogen-bond donors (Lipinski definition) is 2. The van der Waals surface area contributed by atoms with Crippen molar-refractivity contribution in [2.45, 2.75) is 45.0 Å². The van der Waals surface area contributed by atoms with Gasteiger partial charge in [-0.05, 0) is 66.6 Å². The van der Waals surface area contributed by atoms with Crippen LogP contribution in [-0.4, -0.2) is 17.1 Å². The normalized spacial score (nSPS) is 19.9. The molecule has 1 aliphatic carbocycles. The molecule has 1 saturated carbocycles. The molecule has 144 valence electrons. The fourth-order valence-electron chi connectivity index (χ4n) is 3.50. The van der Waals surface area contributed by atoms with Crippen LogP contribution in [0.15, 0.2) is 42.5 Å². The van der Waals surface area contributed by atoms with Gasteiger partial charge in [0.05, 0.1) is 11.7 Å². The maximum absolute atomic E-state index is 13.1. The van der Waals surface area contributed by atoms with Gasteiger partial charge in [-0.3, -0.25) is 4.79 Å². The topological polar surface area (TPSA) is 49.3 Å². The van der Waals surface area contributed by atoms with E-state index in [1.807, 2.05) is 6.07 Å². The van der Waals surface area contributed by atoms with E-state index in [1.165, 1.54) is 0 Å². The Kier molecular flexibility index (Phi) is 5.56. The monoisotopic (exact) mass is 377 g/mol. The molecule has 3 rings (SSSR count). The number of aliphatic hydroxyl groups excluding tert-OH is 1. The molecule has 0 radical (unpaired) electrons. The zero-order valence-corrected chi connectivity index (χ0v) is 15.0. The number of aryl methyl sites for hydroxylation is 1. The molecule has 0 saturated heterocycles. The molecule has 27 heavy (non-hydrogen) atoms. The van der Waals surface area contributed by atoms with Crippen LogP contribution in [0, 0.1) is 12.8 Å². The Bertz CT molecular complexity index is 832. The molecule has 1 amide bonds.